The van der Waals surface area contributed by atoms with Crippen molar-refractivity contribution in [3.63, 3.8) is 0 Å². The van der Waals surface area contributed by atoms with Gasteiger partial charge < -0.3 is 9.80 Å². The first-order valence-corrected chi connectivity index (χ1v) is 11.4. The number of hydrogen-bond acceptors (Lipinski definition) is 2. The third-order valence-corrected chi connectivity index (χ3v) is 5.51. The molecular weight excluding hydrogens is 320 g/mol. The molecule has 3 heteroatoms. The zero-order valence-corrected chi connectivity index (χ0v) is 17.7. The second-order valence-electron chi connectivity index (χ2n) is 8.02. The van der Waals surface area contributed by atoms with Crippen molar-refractivity contribution in [3.8, 4) is 0 Å². The lowest BCUT2D eigenvalue weighted by Gasteiger charge is -2.32. The van der Waals surface area contributed by atoms with Crippen molar-refractivity contribution in [3.05, 3.63) is 12.2 Å². The molecule has 1 fully saturated rings. The average molecular weight is 365 g/mol. The molecule has 1 amide bonds. The molecule has 0 spiro atoms. The fraction of sp³-hybridized carbons (Fsp3) is 0.870. The van der Waals surface area contributed by atoms with Gasteiger partial charge in [0, 0.05) is 32.6 Å². The van der Waals surface area contributed by atoms with E-state index in [1.165, 1.54) is 77.0 Å². The summed E-state index contributed by atoms with van der Waals surface area (Å²) < 4.78 is 0. The van der Waals surface area contributed by atoms with Gasteiger partial charge in [0.05, 0.1) is 0 Å². The fourth-order valence-electron chi connectivity index (χ4n) is 3.56. The number of nitrogens with zero attached hydrogens (tertiary/aromatic N) is 2. The third-order valence-electron chi connectivity index (χ3n) is 5.51. The minimum atomic E-state index is 0.371. The molecule has 26 heavy (non-hydrogen) atoms. The number of likely N-dealkylation sites (N-methyl/N-ethyl adjacent to an activating group) is 1. The molecule has 0 unspecified atom stereocenters. The number of allylic oxidation sites excluding steroid dienone is 2. The van der Waals surface area contributed by atoms with Gasteiger partial charge in [0.25, 0.3) is 0 Å². The molecule has 1 aliphatic rings. The topological polar surface area (TPSA) is 23.6 Å². The van der Waals surface area contributed by atoms with Crippen LogP contribution in [0.4, 0.5) is 0 Å². The molecule has 1 rings (SSSR count). The van der Waals surface area contributed by atoms with Gasteiger partial charge in [-0.1, -0.05) is 70.4 Å². The maximum atomic E-state index is 12.1. The molecule has 1 heterocycles. The molecule has 0 saturated carbocycles. The SMILES string of the molecule is CCCCCCCC/C=C\CCCCCCCC(=O)N1CCN(C)CC1. The minimum Gasteiger partial charge on any atom is -0.340 e. The molecule has 0 bridgehead atoms. The van der Waals surface area contributed by atoms with E-state index >= 15 is 0 Å². The molecular formula is C23H44N2O. The predicted octanol–water partition coefficient (Wildman–Crippen LogP) is 5.80. The molecule has 1 aliphatic heterocycles. The van der Waals surface area contributed by atoms with Crippen LogP contribution in [0, 0.1) is 0 Å². The highest BCUT2D eigenvalue weighted by Crippen LogP contribution is 2.11. The van der Waals surface area contributed by atoms with Crippen LogP contribution in [0.25, 0.3) is 0 Å². The number of piperazine rings is 1. The van der Waals surface area contributed by atoms with Gasteiger partial charge in [-0.05, 0) is 39.2 Å². The second-order valence-corrected chi connectivity index (χ2v) is 8.02. The lowest BCUT2D eigenvalue weighted by atomic mass is 10.1. The Labute approximate surface area is 163 Å². The van der Waals surface area contributed by atoms with Crippen molar-refractivity contribution in [2.45, 2.75) is 96.8 Å². The first-order chi connectivity index (χ1) is 12.7. The number of amides is 1. The summed E-state index contributed by atoms with van der Waals surface area (Å²) in [7, 11) is 2.13. The molecule has 0 aromatic heterocycles. The average Bonchev–Trinajstić information content (AvgIpc) is 2.65. The van der Waals surface area contributed by atoms with E-state index in [9.17, 15) is 4.79 Å². The number of hydrogen-bond donors (Lipinski definition) is 0. The van der Waals surface area contributed by atoms with E-state index in [0.717, 1.165) is 39.0 Å². The molecule has 1 saturated heterocycles. The second kappa shape index (κ2) is 16.4. The van der Waals surface area contributed by atoms with Crippen LogP contribution in [-0.2, 0) is 4.79 Å². The normalized spacial score (nSPS) is 15.8. The molecule has 0 radical (unpaired) electrons. The first kappa shape index (κ1) is 23.2. The zero-order valence-electron chi connectivity index (χ0n) is 17.7. The van der Waals surface area contributed by atoms with Crippen LogP contribution in [0.2, 0.25) is 0 Å². The van der Waals surface area contributed by atoms with Crippen LogP contribution >= 0.6 is 0 Å². The summed E-state index contributed by atoms with van der Waals surface area (Å²) in [5.74, 6) is 0.371. The van der Waals surface area contributed by atoms with Crippen LogP contribution in [-0.4, -0.2) is 48.9 Å². The number of carbonyl (C=O) groups excluding carboxylic acids is 1. The first-order valence-electron chi connectivity index (χ1n) is 11.4. The van der Waals surface area contributed by atoms with E-state index in [1.54, 1.807) is 0 Å². The van der Waals surface area contributed by atoms with Crippen LogP contribution in [0.15, 0.2) is 12.2 Å². The van der Waals surface area contributed by atoms with Crippen LogP contribution in [0.3, 0.4) is 0 Å². The summed E-state index contributed by atoms with van der Waals surface area (Å²) in [6.07, 6.45) is 22.5. The molecule has 3 nitrogen and oxygen atoms in total. The Kier molecular flexibility index (Phi) is 14.6. The van der Waals surface area contributed by atoms with Gasteiger partial charge in [-0.15, -0.1) is 0 Å². The highest BCUT2D eigenvalue weighted by atomic mass is 16.2. The quantitative estimate of drug-likeness (QED) is 0.271. The standard InChI is InChI=1S/C23H44N2O/c1-3-4-5-6-7-8-9-10-11-12-13-14-15-16-17-18-23(26)25-21-19-24(2)20-22-25/h10-11H,3-9,12-22H2,1-2H3/b11-10-. The van der Waals surface area contributed by atoms with Crippen LogP contribution in [0.5, 0.6) is 0 Å². The van der Waals surface area contributed by atoms with Crippen LogP contribution < -0.4 is 0 Å². The Balaban J connectivity index is 1.81. The Morgan fingerprint density at radius 3 is 1.81 bits per heavy atom. The van der Waals surface area contributed by atoms with Crippen molar-refractivity contribution < 1.29 is 4.79 Å². The third kappa shape index (κ3) is 12.5. The number of unbranched alkanes of at least 4 members (excludes halogenated alkanes) is 11. The lowest BCUT2D eigenvalue weighted by molar-refractivity contribution is -0.132. The molecule has 152 valence electrons. The van der Waals surface area contributed by atoms with Gasteiger partial charge in [0.2, 0.25) is 5.91 Å². The van der Waals surface area contributed by atoms with Crippen molar-refractivity contribution in [2.75, 3.05) is 33.2 Å². The highest BCUT2D eigenvalue weighted by Gasteiger charge is 2.18. The van der Waals surface area contributed by atoms with Crippen molar-refractivity contribution in [2.24, 2.45) is 0 Å². The van der Waals surface area contributed by atoms with E-state index in [1.807, 2.05) is 0 Å². The van der Waals surface area contributed by atoms with Gasteiger partial charge >= 0.3 is 0 Å². The molecule has 0 N–H and O–H groups in total. The van der Waals surface area contributed by atoms with Crippen LogP contribution in [0.1, 0.15) is 96.8 Å². The predicted molar refractivity (Wildman–Crippen MR) is 114 cm³/mol. The minimum absolute atomic E-state index is 0.371. The summed E-state index contributed by atoms with van der Waals surface area (Å²) in [6.45, 7) is 6.16. The summed E-state index contributed by atoms with van der Waals surface area (Å²) in [4.78, 5) is 16.5. The summed E-state index contributed by atoms with van der Waals surface area (Å²) in [5, 5.41) is 0. The van der Waals surface area contributed by atoms with E-state index in [2.05, 4.69) is 35.9 Å². The van der Waals surface area contributed by atoms with Crippen molar-refractivity contribution >= 4 is 5.91 Å². The summed E-state index contributed by atoms with van der Waals surface area (Å²) in [6, 6.07) is 0. The Hall–Kier alpha value is -0.830. The Morgan fingerprint density at radius 1 is 0.731 bits per heavy atom. The molecule has 0 aromatic rings. The smallest absolute Gasteiger partial charge is 0.222 e. The maximum Gasteiger partial charge on any atom is 0.222 e. The molecule has 0 atom stereocenters. The van der Waals surface area contributed by atoms with Gasteiger partial charge in [-0.2, -0.15) is 0 Å². The Morgan fingerprint density at radius 2 is 1.23 bits per heavy atom. The largest absolute Gasteiger partial charge is 0.340 e. The molecule has 0 aromatic carbocycles. The summed E-state index contributed by atoms with van der Waals surface area (Å²) in [5.41, 5.74) is 0. The number of rotatable bonds is 15. The van der Waals surface area contributed by atoms with E-state index in [0.29, 0.717) is 5.91 Å². The van der Waals surface area contributed by atoms with Gasteiger partial charge in [0.1, 0.15) is 0 Å². The molecule has 0 aliphatic carbocycles. The maximum absolute atomic E-state index is 12.1. The van der Waals surface area contributed by atoms with Crippen molar-refractivity contribution in [1.29, 1.82) is 0 Å². The van der Waals surface area contributed by atoms with E-state index in [-0.39, 0.29) is 0 Å². The monoisotopic (exact) mass is 364 g/mol. The highest BCUT2D eigenvalue weighted by molar-refractivity contribution is 5.76. The van der Waals surface area contributed by atoms with E-state index in [4.69, 9.17) is 0 Å². The number of carbonyl (C=O) groups is 1. The fourth-order valence-corrected chi connectivity index (χ4v) is 3.56. The van der Waals surface area contributed by atoms with Gasteiger partial charge in [-0.25, -0.2) is 0 Å². The van der Waals surface area contributed by atoms with Gasteiger partial charge in [0.15, 0.2) is 0 Å². The Bertz CT molecular complexity index is 359. The zero-order chi connectivity index (χ0) is 18.9. The lowest BCUT2D eigenvalue weighted by Crippen LogP contribution is -2.47. The van der Waals surface area contributed by atoms with E-state index < -0.39 is 0 Å². The van der Waals surface area contributed by atoms with Crippen molar-refractivity contribution in [1.82, 2.24) is 9.80 Å². The van der Waals surface area contributed by atoms with Gasteiger partial charge in [-0.3, -0.25) is 4.79 Å². The summed E-state index contributed by atoms with van der Waals surface area (Å²) >= 11 is 0.